The topological polar surface area (TPSA) is 118 Å². The molecule has 0 unspecified atom stereocenters. The molecule has 1 aliphatic rings. The number of nitrogens with one attached hydrogen (secondary N) is 2. The van der Waals surface area contributed by atoms with Crippen LogP contribution < -0.4 is 15.5 Å². The molecule has 188 valence electrons. The summed E-state index contributed by atoms with van der Waals surface area (Å²) in [7, 11) is -3.84. The average molecular weight is 572 g/mol. The molecule has 0 saturated carbocycles. The summed E-state index contributed by atoms with van der Waals surface area (Å²) < 4.78 is 28.4. The maximum absolute atomic E-state index is 13.3. The standard InChI is InChI=1S/C24H27BrN8O2S/c1-15-4-6-19(7-5-15)36(34,35)33-13-20(25)22-23(28-14-29-24(22)33)27-9-18-8-26-10-21(31-18)32-11-16(2)30-17(3)12-32/h4-8,10,13-14,16-17,30H,9,11-12H2,1-3H3,(H,27,28,29)/t16-,17+. The molecule has 12 heteroatoms. The molecule has 1 aliphatic heterocycles. The van der Waals surface area contributed by atoms with E-state index >= 15 is 0 Å². The van der Waals surface area contributed by atoms with E-state index in [-0.39, 0.29) is 10.5 Å². The summed E-state index contributed by atoms with van der Waals surface area (Å²) in [5.41, 5.74) is 2.01. The minimum absolute atomic E-state index is 0.189. The van der Waals surface area contributed by atoms with Crippen LogP contribution in [0.1, 0.15) is 25.1 Å². The summed E-state index contributed by atoms with van der Waals surface area (Å²) >= 11 is 3.50. The van der Waals surface area contributed by atoms with Crippen molar-refractivity contribution in [1.29, 1.82) is 0 Å². The summed E-state index contributed by atoms with van der Waals surface area (Å²) in [6, 6.07) is 7.46. The second kappa shape index (κ2) is 9.75. The zero-order valence-electron chi connectivity index (χ0n) is 20.2. The predicted octanol–water partition coefficient (Wildman–Crippen LogP) is 3.33. The molecule has 4 heterocycles. The van der Waals surface area contributed by atoms with Crippen molar-refractivity contribution in [3.63, 3.8) is 0 Å². The molecule has 1 fully saturated rings. The number of hydrogen-bond donors (Lipinski definition) is 2. The second-order valence-electron chi connectivity index (χ2n) is 9.11. The Balaban J connectivity index is 1.42. The highest BCUT2D eigenvalue weighted by atomic mass is 79.9. The number of fused-ring (bicyclic) bond motifs is 1. The van der Waals surface area contributed by atoms with E-state index in [4.69, 9.17) is 4.98 Å². The minimum atomic E-state index is -3.84. The van der Waals surface area contributed by atoms with E-state index in [1.54, 1.807) is 36.7 Å². The van der Waals surface area contributed by atoms with Gasteiger partial charge in [0.1, 0.15) is 18.0 Å². The van der Waals surface area contributed by atoms with Gasteiger partial charge in [0.15, 0.2) is 5.65 Å². The first-order valence-corrected chi connectivity index (χ1v) is 13.9. The fourth-order valence-corrected chi connectivity index (χ4v) is 6.48. The zero-order chi connectivity index (χ0) is 25.4. The first-order valence-electron chi connectivity index (χ1n) is 11.6. The highest BCUT2D eigenvalue weighted by Gasteiger charge is 2.24. The lowest BCUT2D eigenvalue weighted by Gasteiger charge is -2.36. The average Bonchev–Trinajstić information content (AvgIpc) is 3.20. The van der Waals surface area contributed by atoms with Gasteiger partial charge < -0.3 is 15.5 Å². The highest BCUT2D eigenvalue weighted by Crippen LogP contribution is 2.32. The van der Waals surface area contributed by atoms with Crippen molar-refractivity contribution in [2.45, 2.75) is 44.3 Å². The van der Waals surface area contributed by atoms with E-state index in [1.165, 1.54) is 16.5 Å². The Labute approximate surface area is 218 Å². The molecule has 3 aromatic heterocycles. The van der Waals surface area contributed by atoms with E-state index in [0.29, 0.717) is 34.3 Å². The first kappa shape index (κ1) is 24.6. The van der Waals surface area contributed by atoms with Crippen molar-refractivity contribution in [2.75, 3.05) is 23.3 Å². The Morgan fingerprint density at radius 1 is 1.11 bits per heavy atom. The Morgan fingerprint density at radius 2 is 1.83 bits per heavy atom. The van der Waals surface area contributed by atoms with E-state index < -0.39 is 10.0 Å². The zero-order valence-corrected chi connectivity index (χ0v) is 22.6. The van der Waals surface area contributed by atoms with Crippen LogP contribution in [0, 0.1) is 6.92 Å². The highest BCUT2D eigenvalue weighted by molar-refractivity contribution is 9.10. The van der Waals surface area contributed by atoms with Crippen molar-refractivity contribution < 1.29 is 8.42 Å². The molecule has 10 nitrogen and oxygen atoms in total. The van der Waals surface area contributed by atoms with Gasteiger partial charge in [0.2, 0.25) is 0 Å². The number of anilines is 2. The van der Waals surface area contributed by atoms with Crippen LogP contribution >= 0.6 is 15.9 Å². The van der Waals surface area contributed by atoms with Gasteiger partial charge in [-0.2, -0.15) is 0 Å². The lowest BCUT2D eigenvalue weighted by Crippen LogP contribution is -2.54. The van der Waals surface area contributed by atoms with Crippen LogP contribution in [0.25, 0.3) is 11.0 Å². The molecular weight excluding hydrogens is 544 g/mol. The number of aromatic nitrogens is 5. The summed E-state index contributed by atoms with van der Waals surface area (Å²) in [6.45, 7) is 8.31. The molecule has 36 heavy (non-hydrogen) atoms. The summed E-state index contributed by atoms with van der Waals surface area (Å²) in [6.07, 6.45) is 6.35. The quantitative estimate of drug-likeness (QED) is 0.359. The fraction of sp³-hybridized carbons (Fsp3) is 0.333. The Kier molecular flexibility index (Phi) is 6.66. The number of aryl methyl sites for hydroxylation is 1. The number of rotatable bonds is 6. The lowest BCUT2D eigenvalue weighted by molar-refractivity contribution is 0.405. The fourth-order valence-electron chi connectivity index (χ4n) is 4.45. The predicted molar refractivity (Wildman–Crippen MR) is 143 cm³/mol. The summed E-state index contributed by atoms with van der Waals surface area (Å²) in [5, 5.41) is 7.38. The van der Waals surface area contributed by atoms with Gasteiger partial charge in [-0.15, -0.1) is 0 Å². The molecule has 1 aromatic carbocycles. The molecular formula is C24H27BrN8O2S. The largest absolute Gasteiger partial charge is 0.364 e. The van der Waals surface area contributed by atoms with Crippen molar-refractivity contribution in [3.05, 3.63) is 64.9 Å². The SMILES string of the molecule is Cc1ccc(S(=O)(=O)n2cc(Br)c3c(NCc4cncc(N5C[C@@H](C)N[C@@H](C)C5)n4)ncnc32)cc1. The number of hydrogen-bond acceptors (Lipinski definition) is 9. The molecule has 0 aliphatic carbocycles. The molecule has 5 rings (SSSR count). The van der Waals surface area contributed by atoms with Gasteiger partial charge in [-0.1, -0.05) is 17.7 Å². The maximum atomic E-state index is 13.3. The second-order valence-corrected chi connectivity index (χ2v) is 11.8. The molecule has 0 bridgehead atoms. The normalized spacial score (nSPS) is 18.5. The van der Waals surface area contributed by atoms with Gasteiger partial charge >= 0.3 is 0 Å². The van der Waals surface area contributed by atoms with E-state index in [0.717, 1.165) is 30.2 Å². The van der Waals surface area contributed by atoms with Crippen molar-refractivity contribution in [3.8, 4) is 0 Å². The third-order valence-electron chi connectivity index (χ3n) is 6.07. The van der Waals surface area contributed by atoms with Gasteiger partial charge in [-0.25, -0.2) is 27.3 Å². The van der Waals surface area contributed by atoms with Gasteiger partial charge in [-0.05, 0) is 48.8 Å². The third kappa shape index (κ3) is 4.80. The monoisotopic (exact) mass is 570 g/mol. The minimum Gasteiger partial charge on any atom is -0.364 e. The molecule has 1 saturated heterocycles. The lowest BCUT2D eigenvalue weighted by atomic mass is 10.1. The molecule has 2 atom stereocenters. The molecule has 4 aromatic rings. The van der Waals surface area contributed by atoms with Crippen LogP contribution in [-0.2, 0) is 16.6 Å². The van der Waals surface area contributed by atoms with Crippen molar-refractivity contribution >= 4 is 48.6 Å². The number of benzene rings is 1. The molecule has 0 radical (unpaired) electrons. The van der Waals surface area contributed by atoms with E-state index in [2.05, 4.69) is 60.3 Å². The molecule has 0 spiro atoms. The number of piperazine rings is 1. The molecule has 0 amide bonds. The summed E-state index contributed by atoms with van der Waals surface area (Å²) in [4.78, 5) is 20.2. The maximum Gasteiger partial charge on any atom is 0.269 e. The Bertz CT molecular complexity index is 1500. The van der Waals surface area contributed by atoms with Gasteiger partial charge in [-0.3, -0.25) is 4.98 Å². The van der Waals surface area contributed by atoms with Crippen LogP contribution in [-0.4, -0.2) is 57.5 Å². The van der Waals surface area contributed by atoms with Crippen LogP contribution in [0.2, 0.25) is 0 Å². The van der Waals surface area contributed by atoms with Gasteiger partial charge in [0.25, 0.3) is 10.0 Å². The number of nitrogens with zero attached hydrogens (tertiary/aromatic N) is 6. The van der Waals surface area contributed by atoms with Crippen LogP contribution in [0.5, 0.6) is 0 Å². The van der Waals surface area contributed by atoms with E-state index in [1.807, 2.05) is 6.92 Å². The third-order valence-corrected chi connectivity index (χ3v) is 8.34. The Morgan fingerprint density at radius 3 is 2.56 bits per heavy atom. The number of halogens is 1. The van der Waals surface area contributed by atoms with Gasteiger partial charge in [0.05, 0.1) is 34.9 Å². The van der Waals surface area contributed by atoms with Gasteiger partial charge in [0, 0.05) is 35.8 Å². The van der Waals surface area contributed by atoms with Crippen molar-refractivity contribution in [1.82, 2.24) is 29.2 Å². The van der Waals surface area contributed by atoms with E-state index in [9.17, 15) is 8.42 Å². The van der Waals surface area contributed by atoms with Crippen LogP contribution in [0.4, 0.5) is 11.6 Å². The van der Waals surface area contributed by atoms with Crippen LogP contribution in [0.15, 0.2) is 58.6 Å². The first-order chi connectivity index (χ1) is 17.2. The smallest absolute Gasteiger partial charge is 0.269 e. The Hall–Kier alpha value is -3.09. The summed E-state index contributed by atoms with van der Waals surface area (Å²) in [5.74, 6) is 1.33. The molecule has 2 N–H and O–H groups in total. The van der Waals surface area contributed by atoms with Crippen molar-refractivity contribution in [2.24, 2.45) is 0 Å². The van der Waals surface area contributed by atoms with Crippen LogP contribution in [0.3, 0.4) is 0 Å².